The SMILES string of the molecule is COc1cc(/C=C2/NC(=S)N(c3ccccc3OC)C2=O)ccc1CSc1ccccc1. The fourth-order valence-electron chi connectivity index (χ4n) is 3.38. The summed E-state index contributed by atoms with van der Waals surface area (Å²) in [6.45, 7) is 0. The van der Waals surface area contributed by atoms with E-state index >= 15 is 0 Å². The number of nitrogens with one attached hydrogen (secondary N) is 1. The number of amides is 1. The van der Waals surface area contributed by atoms with Gasteiger partial charge in [0.2, 0.25) is 0 Å². The summed E-state index contributed by atoms with van der Waals surface area (Å²) in [5, 5.41) is 3.33. The normalized spacial score (nSPS) is 14.6. The van der Waals surface area contributed by atoms with Gasteiger partial charge in [-0.25, -0.2) is 4.90 Å². The Bertz CT molecular complexity index is 1180. The first-order chi connectivity index (χ1) is 15.6. The molecule has 1 aliphatic heterocycles. The number of thiocarbonyl (C=S) groups is 1. The maximum Gasteiger partial charge on any atom is 0.281 e. The zero-order valence-electron chi connectivity index (χ0n) is 17.7. The summed E-state index contributed by atoms with van der Waals surface area (Å²) in [7, 11) is 3.22. The van der Waals surface area contributed by atoms with Crippen molar-refractivity contribution in [2.24, 2.45) is 0 Å². The molecule has 1 aliphatic rings. The van der Waals surface area contributed by atoms with Crippen LogP contribution in [0, 0.1) is 0 Å². The first kappa shape index (κ1) is 21.9. The lowest BCUT2D eigenvalue weighted by atomic mass is 10.1. The van der Waals surface area contributed by atoms with Crippen molar-refractivity contribution in [3.05, 3.63) is 89.6 Å². The first-order valence-electron chi connectivity index (χ1n) is 9.95. The number of thioether (sulfide) groups is 1. The summed E-state index contributed by atoms with van der Waals surface area (Å²) in [6.07, 6.45) is 1.78. The van der Waals surface area contributed by atoms with Crippen molar-refractivity contribution in [2.75, 3.05) is 19.1 Å². The molecule has 32 heavy (non-hydrogen) atoms. The molecule has 1 saturated heterocycles. The predicted octanol–water partition coefficient (Wildman–Crippen LogP) is 5.26. The molecule has 0 atom stereocenters. The molecule has 0 aromatic heterocycles. The van der Waals surface area contributed by atoms with E-state index < -0.39 is 0 Å². The van der Waals surface area contributed by atoms with Crippen LogP contribution in [0.3, 0.4) is 0 Å². The zero-order chi connectivity index (χ0) is 22.5. The minimum Gasteiger partial charge on any atom is -0.496 e. The summed E-state index contributed by atoms with van der Waals surface area (Å²) in [5.74, 6) is 1.90. The molecule has 162 valence electrons. The third-order valence-electron chi connectivity index (χ3n) is 4.96. The van der Waals surface area contributed by atoms with E-state index in [9.17, 15) is 4.79 Å². The number of hydrogen-bond acceptors (Lipinski definition) is 5. The summed E-state index contributed by atoms with van der Waals surface area (Å²) < 4.78 is 11.0. The average Bonchev–Trinajstić information content (AvgIpc) is 3.11. The molecule has 1 fully saturated rings. The molecule has 0 radical (unpaired) electrons. The topological polar surface area (TPSA) is 50.8 Å². The quantitative estimate of drug-likeness (QED) is 0.294. The van der Waals surface area contributed by atoms with Crippen molar-refractivity contribution in [2.45, 2.75) is 10.6 Å². The van der Waals surface area contributed by atoms with E-state index in [0.717, 1.165) is 22.6 Å². The molecule has 5 nitrogen and oxygen atoms in total. The Morgan fingerprint density at radius 3 is 2.44 bits per heavy atom. The highest BCUT2D eigenvalue weighted by molar-refractivity contribution is 7.98. The van der Waals surface area contributed by atoms with Crippen molar-refractivity contribution >= 4 is 46.8 Å². The number of methoxy groups -OCH3 is 2. The highest BCUT2D eigenvalue weighted by Crippen LogP contribution is 2.32. The van der Waals surface area contributed by atoms with Crippen LogP contribution in [0.4, 0.5) is 5.69 Å². The molecular formula is C25H22N2O3S2. The standard InChI is InChI=1S/C25H22N2O3S2/c1-29-22-11-7-6-10-21(22)27-24(28)20(26-25(27)31)14-17-12-13-18(23(15-17)30-2)16-32-19-8-4-3-5-9-19/h3-15H,16H2,1-2H3,(H,26,31)/b20-14+. The molecule has 3 aromatic rings. The van der Waals surface area contributed by atoms with Gasteiger partial charge in [0.05, 0.1) is 19.9 Å². The van der Waals surface area contributed by atoms with E-state index in [4.69, 9.17) is 21.7 Å². The van der Waals surface area contributed by atoms with Crippen LogP contribution in [0.2, 0.25) is 0 Å². The Hall–Kier alpha value is -3.29. The van der Waals surface area contributed by atoms with Gasteiger partial charge < -0.3 is 14.8 Å². The molecule has 4 rings (SSSR count). The van der Waals surface area contributed by atoms with Gasteiger partial charge in [0.25, 0.3) is 5.91 Å². The van der Waals surface area contributed by atoms with E-state index in [-0.39, 0.29) is 5.91 Å². The summed E-state index contributed by atoms with van der Waals surface area (Å²) in [4.78, 5) is 15.7. The Labute approximate surface area is 197 Å². The highest BCUT2D eigenvalue weighted by Gasteiger charge is 2.33. The molecule has 1 N–H and O–H groups in total. The van der Waals surface area contributed by atoms with Crippen LogP contribution in [0.1, 0.15) is 11.1 Å². The Morgan fingerprint density at radius 2 is 1.69 bits per heavy atom. The lowest BCUT2D eigenvalue weighted by Crippen LogP contribution is -2.30. The van der Waals surface area contributed by atoms with Gasteiger partial charge in [-0.15, -0.1) is 11.8 Å². The first-order valence-corrected chi connectivity index (χ1v) is 11.3. The van der Waals surface area contributed by atoms with Crippen LogP contribution in [0.15, 0.2) is 83.4 Å². The van der Waals surface area contributed by atoms with Crippen LogP contribution in [-0.4, -0.2) is 25.2 Å². The van der Waals surface area contributed by atoms with Gasteiger partial charge in [-0.3, -0.25) is 4.79 Å². The van der Waals surface area contributed by atoms with Gasteiger partial charge in [0.1, 0.15) is 17.2 Å². The second kappa shape index (κ2) is 9.89. The molecule has 0 spiro atoms. The van der Waals surface area contributed by atoms with Crippen LogP contribution in [0.5, 0.6) is 11.5 Å². The van der Waals surface area contributed by atoms with Gasteiger partial charge in [0, 0.05) is 16.2 Å². The number of para-hydroxylation sites is 2. The molecule has 3 aromatic carbocycles. The van der Waals surface area contributed by atoms with Crippen molar-refractivity contribution in [1.29, 1.82) is 0 Å². The Kier molecular flexibility index (Phi) is 6.78. The number of rotatable bonds is 7. The highest BCUT2D eigenvalue weighted by atomic mass is 32.2. The van der Waals surface area contributed by atoms with Crippen molar-refractivity contribution in [1.82, 2.24) is 5.32 Å². The zero-order valence-corrected chi connectivity index (χ0v) is 19.3. The number of carbonyl (C=O) groups excluding carboxylic acids is 1. The summed E-state index contributed by atoms with van der Waals surface area (Å²) in [6, 6.07) is 23.4. The Morgan fingerprint density at radius 1 is 0.969 bits per heavy atom. The van der Waals surface area contributed by atoms with Gasteiger partial charge in [-0.1, -0.05) is 42.5 Å². The third-order valence-corrected chi connectivity index (χ3v) is 6.31. The van der Waals surface area contributed by atoms with Crippen LogP contribution in [-0.2, 0) is 10.5 Å². The van der Waals surface area contributed by atoms with Crippen molar-refractivity contribution in [3.63, 3.8) is 0 Å². The minimum absolute atomic E-state index is 0.234. The van der Waals surface area contributed by atoms with E-state index in [1.54, 1.807) is 44.2 Å². The fraction of sp³-hybridized carbons (Fsp3) is 0.120. The predicted molar refractivity (Wildman–Crippen MR) is 133 cm³/mol. The summed E-state index contributed by atoms with van der Waals surface area (Å²) in [5.41, 5.74) is 2.93. The van der Waals surface area contributed by atoms with Crippen molar-refractivity contribution in [3.8, 4) is 11.5 Å². The third kappa shape index (κ3) is 4.64. The minimum atomic E-state index is -0.234. The van der Waals surface area contributed by atoms with Gasteiger partial charge in [0.15, 0.2) is 5.11 Å². The molecule has 0 bridgehead atoms. The van der Waals surface area contributed by atoms with Gasteiger partial charge in [-0.05, 0) is 54.2 Å². The summed E-state index contributed by atoms with van der Waals surface area (Å²) >= 11 is 7.17. The molecule has 0 saturated carbocycles. The van der Waals surface area contributed by atoms with E-state index in [1.807, 2.05) is 48.5 Å². The largest absolute Gasteiger partial charge is 0.496 e. The number of hydrogen-bond donors (Lipinski definition) is 1. The number of ether oxygens (including phenoxy) is 2. The number of benzene rings is 3. The van der Waals surface area contributed by atoms with Crippen LogP contribution >= 0.6 is 24.0 Å². The number of anilines is 1. The maximum atomic E-state index is 13.1. The molecule has 0 unspecified atom stereocenters. The smallest absolute Gasteiger partial charge is 0.281 e. The molecule has 1 amide bonds. The monoisotopic (exact) mass is 462 g/mol. The lowest BCUT2D eigenvalue weighted by Gasteiger charge is -2.17. The van der Waals surface area contributed by atoms with E-state index in [0.29, 0.717) is 22.2 Å². The second-order valence-electron chi connectivity index (χ2n) is 6.97. The number of nitrogens with zero attached hydrogens (tertiary/aromatic N) is 1. The number of carbonyl (C=O) groups is 1. The van der Waals surface area contributed by atoms with E-state index in [1.165, 1.54) is 9.80 Å². The second-order valence-corrected chi connectivity index (χ2v) is 8.41. The van der Waals surface area contributed by atoms with Gasteiger partial charge in [-0.2, -0.15) is 0 Å². The fourth-order valence-corrected chi connectivity index (χ4v) is 4.58. The van der Waals surface area contributed by atoms with Crippen molar-refractivity contribution < 1.29 is 14.3 Å². The van der Waals surface area contributed by atoms with Crippen LogP contribution in [0.25, 0.3) is 6.08 Å². The Balaban J connectivity index is 1.55. The molecule has 7 heteroatoms. The molecule has 0 aliphatic carbocycles. The molecular weight excluding hydrogens is 440 g/mol. The van der Waals surface area contributed by atoms with Crippen LogP contribution < -0.4 is 19.7 Å². The van der Waals surface area contributed by atoms with E-state index in [2.05, 4.69) is 17.4 Å². The lowest BCUT2D eigenvalue weighted by molar-refractivity contribution is -0.113. The van der Waals surface area contributed by atoms with Gasteiger partial charge >= 0.3 is 0 Å². The molecule has 1 heterocycles. The maximum absolute atomic E-state index is 13.1. The average molecular weight is 463 g/mol.